The van der Waals surface area contributed by atoms with Crippen molar-refractivity contribution in [2.24, 2.45) is 0 Å². The summed E-state index contributed by atoms with van der Waals surface area (Å²) in [5, 5.41) is 23.6. The van der Waals surface area contributed by atoms with E-state index in [9.17, 15) is 14.7 Å². The molecule has 4 N–H and O–H groups in total. The van der Waals surface area contributed by atoms with Gasteiger partial charge in [-0.3, -0.25) is 14.7 Å². The Labute approximate surface area is 193 Å². The zero-order valence-corrected chi connectivity index (χ0v) is 19.0. The van der Waals surface area contributed by atoms with Gasteiger partial charge in [0, 0.05) is 29.1 Å². The summed E-state index contributed by atoms with van der Waals surface area (Å²) in [6.45, 7) is 0.799. The monoisotopic (exact) mass is 474 g/mol. The van der Waals surface area contributed by atoms with Gasteiger partial charge in [0.2, 0.25) is 0 Å². The number of carbonyl (C=O) groups is 2. The summed E-state index contributed by atoms with van der Waals surface area (Å²) >= 11 is 7.46. The van der Waals surface area contributed by atoms with Crippen LogP contribution in [0, 0.1) is 0 Å². The van der Waals surface area contributed by atoms with Gasteiger partial charge in [0.1, 0.15) is 16.4 Å². The van der Waals surface area contributed by atoms with Gasteiger partial charge in [0.25, 0.3) is 11.8 Å². The minimum absolute atomic E-state index is 0.00815. The fourth-order valence-corrected chi connectivity index (χ4v) is 5.16. The molecule has 2 aromatic heterocycles. The molecule has 10 heteroatoms. The van der Waals surface area contributed by atoms with E-state index in [4.69, 9.17) is 16.3 Å². The van der Waals surface area contributed by atoms with Crippen LogP contribution in [0.1, 0.15) is 44.1 Å². The summed E-state index contributed by atoms with van der Waals surface area (Å²) in [6.07, 6.45) is 3.80. The molecule has 0 unspecified atom stereocenters. The average molecular weight is 475 g/mol. The van der Waals surface area contributed by atoms with Gasteiger partial charge in [-0.15, -0.1) is 11.3 Å². The number of hydrogen-bond acceptors (Lipinski definition) is 6. The third-order valence-electron chi connectivity index (χ3n) is 5.27. The lowest BCUT2D eigenvalue weighted by molar-refractivity contribution is 0.0937. The number of H-pyrrole nitrogens is 1. The molecule has 1 aromatic carbocycles. The van der Waals surface area contributed by atoms with E-state index in [0.717, 1.165) is 36.1 Å². The van der Waals surface area contributed by atoms with Gasteiger partial charge >= 0.3 is 0 Å². The smallest absolute Gasteiger partial charge is 0.274 e. The molecule has 1 aliphatic carbocycles. The Balaban J connectivity index is 1.58. The van der Waals surface area contributed by atoms with Crippen molar-refractivity contribution in [2.75, 3.05) is 25.6 Å². The van der Waals surface area contributed by atoms with Crippen LogP contribution in [0.25, 0.3) is 11.3 Å². The Morgan fingerprint density at radius 1 is 1.25 bits per heavy atom. The molecule has 0 fully saturated rings. The molecule has 0 aliphatic heterocycles. The summed E-state index contributed by atoms with van der Waals surface area (Å²) in [5.41, 5.74) is 2.55. The second-order valence-electron chi connectivity index (χ2n) is 7.45. The second kappa shape index (κ2) is 9.72. The second-order valence-corrected chi connectivity index (χ2v) is 8.99. The molecule has 0 radical (unpaired) electrons. The van der Waals surface area contributed by atoms with E-state index in [1.807, 2.05) is 0 Å². The first kappa shape index (κ1) is 22.3. The highest BCUT2D eigenvalue weighted by Crippen LogP contribution is 2.38. The number of rotatable bonds is 7. The van der Waals surface area contributed by atoms with Crippen molar-refractivity contribution >= 4 is 39.8 Å². The third kappa shape index (κ3) is 4.64. The van der Waals surface area contributed by atoms with Gasteiger partial charge in [-0.1, -0.05) is 11.6 Å². The zero-order chi connectivity index (χ0) is 22.7. The lowest BCUT2D eigenvalue weighted by Crippen LogP contribution is -2.28. The summed E-state index contributed by atoms with van der Waals surface area (Å²) in [5.74, 6) is -0.630. The fourth-order valence-electron chi connectivity index (χ4n) is 3.71. The van der Waals surface area contributed by atoms with Crippen molar-refractivity contribution in [3.8, 4) is 17.0 Å². The first-order chi connectivity index (χ1) is 15.5. The maximum Gasteiger partial charge on any atom is 0.274 e. The van der Waals surface area contributed by atoms with E-state index in [1.54, 1.807) is 19.2 Å². The van der Waals surface area contributed by atoms with Gasteiger partial charge in [-0.2, -0.15) is 5.10 Å². The van der Waals surface area contributed by atoms with Crippen LogP contribution in [-0.4, -0.2) is 47.4 Å². The van der Waals surface area contributed by atoms with Crippen molar-refractivity contribution in [3.05, 3.63) is 51.0 Å². The number of phenolic OH excluding ortho intramolecular Hbond substituents is 1. The van der Waals surface area contributed by atoms with E-state index in [1.165, 1.54) is 23.5 Å². The summed E-state index contributed by atoms with van der Waals surface area (Å²) in [6, 6.07) is 6.15. The standard InChI is InChI=1S/C22H23ClN4O4S/c1-31-9-8-24-21(30)19-13-4-2-3-5-18(13)32-22(19)25-20(29)16-11-15(26-27-16)14-10-12(23)6-7-17(14)28/h6-7,10-11,28H,2-5,8-9H2,1H3,(H,24,30)(H,25,29)(H,26,27). The molecule has 0 atom stereocenters. The van der Waals surface area contributed by atoms with Crippen LogP contribution in [0.3, 0.4) is 0 Å². The number of halogens is 1. The number of ether oxygens (including phenoxy) is 1. The lowest BCUT2D eigenvalue weighted by atomic mass is 9.95. The van der Waals surface area contributed by atoms with Crippen molar-refractivity contribution in [1.82, 2.24) is 15.5 Å². The fraction of sp³-hybridized carbons (Fsp3) is 0.318. The molecule has 0 saturated heterocycles. The highest BCUT2D eigenvalue weighted by molar-refractivity contribution is 7.17. The molecule has 2 amide bonds. The largest absolute Gasteiger partial charge is 0.507 e. The number of nitrogens with zero attached hydrogens (tertiary/aromatic N) is 1. The molecule has 3 aromatic rings. The first-order valence-electron chi connectivity index (χ1n) is 10.2. The minimum atomic E-state index is -0.421. The molecule has 0 bridgehead atoms. The number of phenols is 1. The van der Waals surface area contributed by atoms with E-state index in [2.05, 4.69) is 20.8 Å². The molecule has 1 aliphatic rings. The quantitative estimate of drug-likeness (QED) is 0.386. The minimum Gasteiger partial charge on any atom is -0.507 e. The van der Waals surface area contributed by atoms with Crippen LogP contribution in [0.5, 0.6) is 5.75 Å². The van der Waals surface area contributed by atoms with Gasteiger partial charge in [-0.25, -0.2) is 0 Å². The predicted molar refractivity (Wildman–Crippen MR) is 124 cm³/mol. The Morgan fingerprint density at radius 3 is 2.88 bits per heavy atom. The van der Waals surface area contributed by atoms with Crippen LogP contribution in [0.2, 0.25) is 5.02 Å². The number of benzene rings is 1. The van der Waals surface area contributed by atoms with Gasteiger partial charge in [-0.05, 0) is 55.5 Å². The number of aromatic hydroxyl groups is 1. The normalized spacial score (nSPS) is 12.9. The van der Waals surface area contributed by atoms with Gasteiger partial charge in [0.05, 0.1) is 17.9 Å². The van der Waals surface area contributed by atoms with Crippen molar-refractivity contribution < 1.29 is 19.4 Å². The molecule has 2 heterocycles. The van der Waals surface area contributed by atoms with Crippen LogP contribution >= 0.6 is 22.9 Å². The van der Waals surface area contributed by atoms with E-state index in [-0.39, 0.29) is 17.4 Å². The maximum atomic E-state index is 12.9. The third-order valence-corrected chi connectivity index (χ3v) is 6.72. The molecule has 168 valence electrons. The van der Waals surface area contributed by atoms with Crippen molar-refractivity contribution in [1.29, 1.82) is 0 Å². The first-order valence-corrected chi connectivity index (χ1v) is 11.4. The van der Waals surface area contributed by atoms with E-state index < -0.39 is 5.91 Å². The van der Waals surface area contributed by atoms with Gasteiger partial charge < -0.3 is 20.5 Å². The molecule has 8 nitrogen and oxygen atoms in total. The Bertz CT molecular complexity index is 1160. The number of nitrogens with one attached hydrogen (secondary N) is 3. The highest BCUT2D eigenvalue weighted by atomic mass is 35.5. The van der Waals surface area contributed by atoms with Crippen molar-refractivity contribution in [3.63, 3.8) is 0 Å². The Morgan fingerprint density at radius 2 is 2.06 bits per heavy atom. The number of anilines is 1. The van der Waals surface area contributed by atoms with Crippen LogP contribution in [0.4, 0.5) is 5.00 Å². The van der Waals surface area contributed by atoms with Gasteiger partial charge in [0.15, 0.2) is 0 Å². The molecule has 32 heavy (non-hydrogen) atoms. The number of carbonyl (C=O) groups excluding carboxylic acids is 2. The molecule has 0 spiro atoms. The number of aromatic amines is 1. The Hall–Kier alpha value is -2.88. The zero-order valence-electron chi connectivity index (χ0n) is 17.5. The number of methoxy groups -OCH3 is 1. The SMILES string of the molecule is COCCNC(=O)c1c(NC(=O)c2cc(-c3cc(Cl)ccc3O)n[nH]2)sc2c1CCCC2. The van der Waals surface area contributed by atoms with Crippen LogP contribution in [-0.2, 0) is 17.6 Å². The van der Waals surface area contributed by atoms with E-state index >= 15 is 0 Å². The maximum absolute atomic E-state index is 12.9. The van der Waals surface area contributed by atoms with Crippen molar-refractivity contribution in [2.45, 2.75) is 25.7 Å². The number of hydrogen-bond donors (Lipinski definition) is 4. The van der Waals surface area contributed by atoms with Crippen LogP contribution in [0.15, 0.2) is 24.3 Å². The Kier molecular flexibility index (Phi) is 6.78. The van der Waals surface area contributed by atoms with Crippen LogP contribution < -0.4 is 10.6 Å². The summed E-state index contributed by atoms with van der Waals surface area (Å²) in [7, 11) is 1.58. The molecular formula is C22H23ClN4O4S. The van der Waals surface area contributed by atoms with E-state index in [0.29, 0.717) is 40.0 Å². The molecule has 0 saturated carbocycles. The number of aryl methyl sites for hydroxylation is 1. The topological polar surface area (TPSA) is 116 Å². The number of aromatic nitrogens is 2. The lowest BCUT2D eigenvalue weighted by Gasteiger charge is -2.13. The molecule has 4 rings (SSSR count). The predicted octanol–water partition coefficient (Wildman–Crippen LogP) is 4.00. The summed E-state index contributed by atoms with van der Waals surface area (Å²) in [4.78, 5) is 27.0. The number of fused-ring (bicyclic) bond motifs is 1. The highest BCUT2D eigenvalue weighted by Gasteiger charge is 2.27. The summed E-state index contributed by atoms with van der Waals surface area (Å²) < 4.78 is 5.01. The average Bonchev–Trinajstić information content (AvgIpc) is 3.40. The molecular weight excluding hydrogens is 452 g/mol. The number of amides is 2. The number of thiophene rings is 1.